The Morgan fingerprint density at radius 2 is 2.17 bits per heavy atom. The summed E-state index contributed by atoms with van der Waals surface area (Å²) in [4.78, 5) is 30.5. The van der Waals surface area contributed by atoms with Crippen LogP contribution in [-0.4, -0.2) is 40.5 Å². The summed E-state index contributed by atoms with van der Waals surface area (Å²) in [5.41, 5.74) is -0.834. The average molecular weight is 336 g/mol. The van der Waals surface area contributed by atoms with Gasteiger partial charge in [-0.05, 0) is 26.2 Å². The van der Waals surface area contributed by atoms with Crippen molar-refractivity contribution < 1.29 is 9.59 Å². The SMILES string of the molecule is CC[C@](C)(NCCN1C(=O)NC2(CCCC2)C1=O)c1nccs1. The summed E-state index contributed by atoms with van der Waals surface area (Å²) in [6, 6.07) is -0.244. The Bertz CT molecular complexity index is 583. The lowest BCUT2D eigenvalue weighted by atomic mass is 9.98. The second kappa shape index (κ2) is 6.20. The average Bonchev–Trinajstić information content (AvgIpc) is 3.26. The van der Waals surface area contributed by atoms with Gasteiger partial charge in [0.15, 0.2) is 0 Å². The van der Waals surface area contributed by atoms with Crippen molar-refractivity contribution in [3.63, 3.8) is 0 Å². The molecule has 2 fully saturated rings. The summed E-state index contributed by atoms with van der Waals surface area (Å²) < 4.78 is 0. The van der Waals surface area contributed by atoms with Crippen LogP contribution < -0.4 is 10.6 Å². The summed E-state index contributed by atoms with van der Waals surface area (Å²) in [7, 11) is 0. The maximum absolute atomic E-state index is 12.6. The van der Waals surface area contributed by atoms with Crippen molar-refractivity contribution in [2.24, 2.45) is 0 Å². The first-order valence-corrected chi connectivity index (χ1v) is 9.18. The summed E-state index contributed by atoms with van der Waals surface area (Å²) in [5, 5.41) is 9.38. The molecule has 7 heteroatoms. The van der Waals surface area contributed by atoms with Crippen LogP contribution in [0.25, 0.3) is 0 Å². The lowest BCUT2D eigenvalue weighted by Gasteiger charge is -2.28. The minimum absolute atomic E-state index is 0.0470. The van der Waals surface area contributed by atoms with Gasteiger partial charge in [-0.3, -0.25) is 9.69 Å². The van der Waals surface area contributed by atoms with E-state index in [-0.39, 0.29) is 17.5 Å². The molecule has 1 aromatic rings. The maximum Gasteiger partial charge on any atom is 0.325 e. The Morgan fingerprint density at radius 1 is 1.43 bits per heavy atom. The van der Waals surface area contributed by atoms with Crippen molar-refractivity contribution in [1.29, 1.82) is 0 Å². The summed E-state index contributed by atoms with van der Waals surface area (Å²) in [6.45, 7) is 5.18. The highest BCUT2D eigenvalue weighted by atomic mass is 32.1. The number of thiazole rings is 1. The van der Waals surface area contributed by atoms with Crippen LogP contribution in [0.2, 0.25) is 0 Å². The molecule has 3 amide bonds. The highest BCUT2D eigenvalue weighted by molar-refractivity contribution is 7.09. The van der Waals surface area contributed by atoms with E-state index in [9.17, 15) is 9.59 Å². The molecule has 2 heterocycles. The molecule has 1 saturated carbocycles. The van der Waals surface area contributed by atoms with Gasteiger partial charge in [0, 0.05) is 24.7 Å². The zero-order valence-corrected chi connectivity index (χ0v) is 14.5. The molecule has 126 valence electrons. The van der Waals surface area contributed by atoms with E-state index in [1.807, 2.05) is 5.38 Å². The van der Waals surface area contributed by atoms with Crippen LogP contribution in [0.15, 0.2) is 11.6 Å². The fourth-order valence-electron chi connectivity index (χ4n) is 3.49. The number of rotatable bonds is 6. The molecule has 1 atom stereocenters. The first-order chi connectivity index (χ1) is 11.0. The fraction of sp³-hybridized carbons (Fsp3) is 0.688. The van der Waals surface area contributed by atoms with Gasteiger partial charge in [-0.25, -0.2) is 9.78 Å². The van der Waals surface area contributed by atoms with E-state index in [1.165, 1.54) is 4.90 Å². The molecule has 1 spiro atoms. The number of amides is 3. The highest BCUT2D eigenvalue weighted by Crippen LogP contribution is 2.35. The largest absolute Gasteiger partial charge is 0.325 e. The first-order valence-electron chi connectivity index (χ1n) is 8.30. The van der Waals surface area contributed by atoms with E-state index in [2.05, 4.69) is 29.5 Å². The second-order valence-electron chi connectivity index (χ2n) is 6.63. The van der Waals surface area contributed by atoms with Crippen molar-refractivity contribution in [2.45, 2.75) is 57.0 Å². The van der Waals surface area contributed by atoms with Gasteiger partial charge in [-0.2, -0.15) is 0 Å². The predicted octanol–water partition coefficient (Wildman–Crippen LogP) is 2.22. The molecule has 2 N–H and O–H groups in total. The standard InChI is InChI=1S/C16H24N4O2S/c1-3-15(2,12-17-9-11-23-12)18-8-10-20-13(21)16(19-14(20)22)6-4-5-7-16/h9,11,18H,3-8,10H2,1-2H3,(H,19,22)/t15-/m0/s1. The van der Waals surface area contributed by atoms with Gasteiger partial charge in [0.1, 0.15) is 10.5 Å². The highest BCUT2D eigenvalue weighted by Gasteiger charge is 2.52. The van der Waals surface area contributed by atoms with Gasteiger partial charge in [0.2, 0.25) is 0 Å². The lowest BCUT2D eigenvalue weighted by molar-refractivity contribution is -0.131. The van der Waals surface area contributed by atoms with Gasteiger partial charge in [-0.15, -0.1) is 11.3 Å². The van der Waals surface area contributed by atoms with Crippen LogP contribution in [-0.2, 0) is 10.3 Å². The number of urea groups is 1. The van der Waals surface area contributed by atoms with E-state index < -0.39 is 5.54 Å². The minimum atomic E-state index is -0.611. The van der Waals surface area contributed by atoms with Crippen LogP contribution in [0.1, 0.15) is 51.0 Å². The lowest BCUT2D eigenvalue weighted by Crippen LogP contribution is -2.46. The molecule has 0 bridgehead atoms. The van der Waals surface area contributed by atoms with Crippen LogP contribution in [0, 0.1) is 0 Å². The van der Waals surface area contributed by atoms with Crippen LogP contribution in [0.3, 0.4) is 0 Å². The van der Waals surface area contributed by atoms with Crippen molar-refractivity contribution in [3.8, 4) is 0 Å². The minimum Gasteiger partial charge on any atom is -0.323 e. The van der Waals surface area contributed by atoms with Gasteiger partial charge in [0.25, 0.3) is 5.91 Å². The van der Waals surface area contributed by atoms with E-state index >= 15 is 0 Å². The topological polar surface area (TPSA) is 74.3 Å². The molecule has 1 aliphatic carbocycles. The summed E-state index contributed by atoms with van der Waals surface area (Å²) in [6.07, 6.45) is 6.26. The van der Waals surface area contributed by atoms with E-state index in [1.54, 1.807) is 17.5 Å². The Balaban J connectivity index is 1.60. The molecular formula is C16H24N4O2S. The van der Waals surface area contributed by atoms with Gasteiger partial charge in [0.05, 0.1) is 5.54 Å². The Kier molecular flexibility index (Phi) is 4.42. The number of aromatic nitrogens is 1. The molecule has 0 radical (unpaired) electrons. The predicted molar refractivity (Wildman–Crippen MR) is 89.2 cm³/mol. The Hall–Kier alpha value is -1.47. The molecule has 23 heavy (non-hydrogen) atoms. The molecular weight excluding hydrogens is 312 g/mol. The van der Waals surface area contributed by atoms with E-state index in [4.69, 9.17) is 0 Å². The van der Waals surface area contributed by atoms with Gasteiger partial charge >= 0.3 is 6.03 Å². The van der Waals surface area contributed by atoms with Crippen molar-refractivity contribution >= 4 is 23.3 Å². The third kappa shape index (κ3) is 2.87. The molecule has 1 aliphatic heterocycles. The number of hydrogen-bond donors (Lipinski definition) is 2. The van der Waals surface area contributed by atoms with E-state index in [0.717, 1.165) is 37.1 Å². The zero-order chi connectivity index (χ0) is 16.5. The summed E-state index contributed by atoms with van der Waals surface area (Å²) in [5.74, 6) is -0.0470. The first kappa shape index (κ1) is 16.4. The fourth-order valence-corrected chi connectivity index (χ4v) is 4.34. The molecule has 0 aromatic carbocycles. The van der Waals surface area contributed by atoms with Crippen molar-refractivity contribution in [1.82, 2.24) is 20.5 Å². The quantitative estimate of drug-likeness (QED) is 0.781. The number of imide groups is 1. The monoisotopic (exact) mass is 336 g/mol. The third-order valence-corrected chi connectivity index (χ3v) is 6.20. The van der Waals surface area contributed by atoms with Crippen molar-refractivity contribution in [2.75, 3.05) is 13.1 Å². The second-order valence-corrected chi connectivity index (χ2v) is 7.52. The molecule has 1 saturated heterocycles. The summed E-state index contributed by atoms with van der Waals surface area (Å²) >= 11 is 1.62. The number of hydrogen-bond acceptors (Lipinski definition) is 5. The van der Waals surface area contributed by atoms with Crippen LogP contribution >= 0.6 is 11.3 Å². The zero-order valence-electron chi connectivity index (χ0n) is 13.7. The van der Waals surface area contributed by atoms with Gasteiger partial charge < -0.3 is 10.6 Å². The van der Waals surface area contributed by atoms with Crippen LogP contribution in [0.5, 0.6) is 0 Å². The number of nitrogens with zero attached hydrogens (tertiary/aromatic N) is 2. The van der Waals surface area contributed by atoms with Crippen molar-refractivity contribution in [3.05, 3.63) is 16.6 Å². The van der Waals surface area contributed by atoms with E-state index in [0.29, 0.717) is 13.1 Å². The number of carbonyl (C=O) groups is 2. The Labute approximate surface area is 140 Å². The van der Waals surface area contributed by atoms with Gasteiger partial charge in [-0.1, -0.05) is 19.8 Å². The normalized spacial score (nSPS) is 22.6. The molecule has 0 unspecified atom stereocenters. The maximum atomic E-state index is 12.6. The molecule has 3 rings (SSSR count). The molecule has 2 aliphatic rings. The Morgan fingerprint density at radius 3 is 2.78 bits per heavy atom. The smallest absolute Gasteiger partial charge is 0.323 e. The molecule has 6 nitrogen and oxygen atoms in total. The molecule has 1 aromatic heterocycles. The van der Waals surface area contributed by atoms with Crippen LogP contribution in [0.4, 0.5) is 4.79 Å². The third-order valence-electron chi connectivity index (χ3n) is 5.17. The number of carbonyl (C=O) groups excluding carboxylic acids is 2. The number of nitrogens with one attached hydrogen (secondary N) is 2.